The minimum absolute atomic E-state index is 0.0515. The van der Waals surface area contributed by atoms with Crippen LogP contribution in [0.25, 0.3) is 10.9 Å². The molecule has 0 fully saturated rings. The number of methoxy groups -OCH3 is 1. The van der Waals surface area contributed by atoms with Crippen molar-refractivity contribution in [2.75, 3.05) is 13.7 Å². The van der Waals surface area contributed by atoms with Crippen LogP contribution in [0.5, 0.6) is 5.75 Å². The number of fused-ring (bicyclic) bond motifs is 3. The highest BCUT2D eigenvalue weighted by molar-refractivity contribution is 5.87. The summed E-state index contributed by atoms with van der Waals surface area (Å²) in [5, 5.41) is 4.24. The number of hydrogen-bond acceptors (Lipinski definition) is 2. The number of aryl methyl sites for hydroxylation is 1. The van der Waals surface area contributed by atoms with Crippen molar-refractivity contribution in [3.8, 4) is 5.75 Å². The van der Waals surface area contributed by atoms with Gasteiger partial charge in [-0.1, -0.05) is 0 Å². The van der Waals surface area contributed by atoms with Gasteiger partial charge in [0, 0.05) is 37.1 Å². The molecule has 1 unspecified atom stereocenters. The Kier molecular flexibility index (Phi) is 4.10. The van der Waals surface area contributed by atoms with Crippen LogP contribution < -0.4 is 10.1 Å². The lowest BCUT2D eigenvalue weighted by molar-refractivity contribution is -0.118. The SMILES string of the molecule is COc1ccc2c(c1)c1c(n2C)CCCC1CCNC(C)=O. The smallest absolute Gasteiger partial charge is 0.216 e. The van der Waals surface area contributed by atoms with E-state index in [4.69, 9.17) is 4.74 Å². The van der Waals surface area contributed by atoms with Crippen LogP contribution in [0.4, 0.5) is 0 Å². The van der Waals surface area contributed by atoms with E-state index in [0.29, 0.717) is 5.92 Å². The van der Waals surface area contributed by atoms with Gasteiger partial charge in [0.25, 0.3) is 0 Å². The van der Waals surface area contributed by atoms with Crippen LogP contribution in [0.15, 0.2) is 18.2 Å². The lowest BCUT2D eigenvalue weighted by Gasteiger charge is -2.24. The minimum atomic E-state index is 0.0515. The molecule has 1 heterocycles. The summed E-state index contributed by atoms with van der Waals surface area (Å²) in [6.45, 7) is 2.33. The van der Waals surface area contributed by atoms with E-state index >= 15 is 0 Å². The van der Waals surface area contributed by atoms with Crippen molar-refractivity contribution in [2.45, 2.75) is 38.5 Å². The van der Waals surface area contributed by atoms with Gasteiger partial charge in [0.05, 0.1) is 7.11 Å². The van der Waals surface area contributed by atoms with Gasteiger partial charge < -0.3 is 14.6 Å². The molecule has 22 heavy (non-hydrogen) atoms. The van der Waals surface area contributed by atoms with Gasteiger partial charge in [0.1, 0.15) is 5.75 Å². The summed E-state index contributed by atoms with van der Waals surface area (Å²) in [6.07, 6.45) is 4.56. The fourth-order valence-corrected chi connectivity index (χ4v) is 3.76. The van der Waals surface area contributed by atoms with E-state index in [1.165, 1.54) is 35.0 Å². The molecule has 118 valence electrons. The first kappa shape index (κ1) is 14.9. The van der Waals surface area contributed by atoms with Crippen molar-refractivity contribution in [3.05, 3.63) is 29.5 Å². The van der Waals surface area contributed by atoms with Gasteiger partial charge >= 0.3 is 0 Å². The second-order valence-electron chi connectivity index (χ2n) is 6.16. The number of carbonyl (C=O) groups is 1. The average Bonchev–Trinajstić information content (AvgIpc) is 2.80. The standard InChI is InChI=1S/C18H24N2O2/c1-12(21)19-10-9-13-5-4-6-17-18(13)15-11-14(22-3)7-8-16(15)20(17)2/h7-8,11,13H,4-6,9-10H2,1-3H3,(H,19,21). The second-order valence-corrected chi connectivity index (χ2v) is 6.16. The Morgan fingerprint density at radius 3 is 3.00 bits per heavy atom. The summed E-state index contributed by atoms with van der Waals surface area (Å²) in [5.74, 6) is 1.48. The van der Waals surface area contributed by atoms with Gasteiger partial charge in [0.15, 0.2) is 0 Å². The summed E-state index contributed by atoms with van der Waals surface area (Å²) in [6, 6.07) is 6.34. The van der Waals surface area contributed by atoms with E-state index in [9.17, 15) is 4.79 Å². The highest BCUT2D eigenvalue weighted by Gasteiger charge is 2.26. The summed E-state index contributed by atoms with van der Waals surface area (Å²) < 4.78 is 7.73. The van der Waals surface area contributed by atoms with Crippen LogP contribution in [-0.2, 0) is 18.3 Å². The predicted molar refractivity (Wildman–Crippen MR) is 88.5 cm³/mol. The molecule has 1 aromatic heterocycles. The van der Waals surface area contributed by atoms with Crippen molar-refractivity contribution in [3.63, 3.8) is 0 Å². The minimum Gasteiger partial charge on any atom is -0.497 e. The lowest BCUT2D eigenvalue weighted by Crippen LogP contribution is -2.23. The highest BCUT2D eigenvalue weighted by Crippen LogP contribution is 2.41. The maximum absolute atomic E-state index is 11.1. The van der Waals surface area contributed by atoms with Gasteiger partial charge in [0.2, 0.25) is 5.91 Å². The summed E-state index contributed by atoms with van der Waals surface area (Å²) >= 11 is 0. The van der Waals surface area contributed by atoms with Gasteiger partial charge in [-0.15, -0.1) is 0 Å². The van der Waals surface area contributed by atoms with Crippen molar-refractivity contribution < 1.29 is 9.53 Å². The van der Waals surface area contributed by atoms with Crippen LogP contribution in [0.1, 0.15) is 43.4 Å². The van der Waals surface area contributed by atoms with Crippen molar-refractivity contribution >= 4 is 16.8 Å². The van der Waals surface area contributed by atoms with Crippen molar-refractivity contribution in [2.24, 2.45) is 7.05 Å². The van der Waals surface area contributed by atoms with Gasteiger partial charge in [-0.05, 0) is 55.4 Å². The van der Waals surface area contributed by atoms with E-state index in [1.807, 2.05) is 6.07 Å². The van der Waals surface area contributed by atoms with Gasteiger partial charge in [-0.25, -0.2) is 0 Å². The Bertz CT molecular complexity index is 703. The van der Waals surface area contributed by atoms with E-state index in [2.05, 4.69) is 29.1 Å². The molecule has 0 bridgehead atoms. The highest BCUT2D eigenvalue weighted by atomic mass is 16.5. The van der Waals surface area contributed by atoms with Crippen molar-refractivity contribution in [1.82, 2.24) is 9.88 Å². The van der Waals surface area contributed by atoms with E-state index in [-0.39, 0.29) is 5.91 Å². The predicted octanol–water partition coefficient (Wildman–Crippen LogP) is 3.13. The number of nitrogens with one attached hydrogen (secondary N) is 1. The molecule has 0 aliphatic heterocycles. The monoisotopic (exact) mass is 300 g/mol. The molecule has 0 saturated heterocycles. The fraction of sp³-hybridized carbons (Fsp3) is 0.500. The molecule has 1 aliphatic carbocycles. The first-order valence-electron chi connectivity index (χ1n) is 8.01. The first-order chi connectivity index (χ1) is 10.6. The van der Waals surface area contributed by atoms with Crippen LogP contribution in [0.3, 0.4) is 0 Å². The van der Waals surface area contributed by atoms with E-state index in [1.54, 1.807) is 14.0 Å². The third kappa shape index (κ3) is 2.58. The zero-order valence-corrected chi connectivity index (χ0v) is 13.6. The van der Waals surface area contributed by atoms with Gasteiger partial charge in [-0.3, -0.25) is 4.79 Å². The summed E-state index contributed by atoms with van der Waals surface area (Å²) in [7, 11) is 3.87. The molecule has 3 rings (SSSR count). The number of hydrogen-bond donors (Lipinski definition) is 1. The molecule has 4 heteroatoms. The molecule has 1 atom stereocenters. The number of rotatable bonds is 4. The molecule has 0 radical (unpaired) electrons. The molecule has 0 saturated carbocycles. The molecule has 1 amide bonds. The van der Waals surface area contributed by atoms with E-state index < -0.39 is 0 Å². The Hall–Kier alpha value is -1.97. The number of aromatic nitrogens is 1. The molecule has 2 aromatic rings. The maximum atomic E-state index is 11.1. The fourth-order valence-electron chi connectivity index (χ4n) is 3.76. The second kappa shape index (κ2) is 6.03. The molecule has 0 spiro atoms. The third-order valence-corrected chi connectivity index (χ3v) is 4.81. The zero-order valence-electron chi connectivity index (χ0n) is 13.6. The summed E-state index contributed by atoms with van der Waals surface area (Å²) in [4.78, 5) is 11.1. The third-order valence-electron chi connectivity index (χ3n) is 4.81. The lowest BCUT2D eigenvalue weighted by atomic mass is 9.83. The molecule has 1 aromatic carbocycles. The Morgan fingerprint density at radius 1 is 1.45 bits per heavy atom. The van der Waals surface area contributed by atoms with E-state index in [0.717, 1.165) is 25.1 Å². The number of nitrogens with zero attached hydrogens (tertiary/aromatic N) is 1. The summed E-state index contributed by atoms with van der Waals surface area (Å²) in [5.41, 5.74) is 4.19. The Labute approximate surface area is 131 Å². The topological polar surface area (TPSA) is 43.3 Å². The van der Waals surface area contributed by atoms with Crippen LogP contribution >= 0.6 is 0 Å². The average molecular weight is 300 g/mol. The Morgan fingerprint density at radius 2 is 2.27 bits per heavy atom. The molecular weight excluding hydrogens is 276 g/mol. The number of carbonyl (C=O) groups excluding carboxylic acids is 1. The molecule has 1 aliphatic rings. The number of benzene rings is 1. The van der Waals surface area contributed by atoms with Crippen LogP contribution in [0, 0.1) is 0 Å². The zero-order chi connectivity index (χ0) is 15.7. The first-order valence-corrected chi connectivity index (χ1v) is 8.01. The largest absolute Gasteiger partial charge is 0.497 e. The normalized spacial score (nSPS) is 17.3. The maximum Gasteiger partial charge on any atom is 0.216 e. The number of amides is 1. The van der Waals surface area contributed by atoms with Crippen LogP contribution in [0.2, 0.25) is 0 Å². The Balaban J connectivity index is 2.00. The van der Waals surface area contributed by atoms with Crippen LogP contribution in [-0.4, -0.2) is 24.1 Å². The molecule has 1 N–H and O–H groups in total. The van der Waals surface area contributed by atoms with Gasteiger partial charge in [-0.2, -0.15) is 0 Å². The van der Waals surface area contributed by atoms with Crippen molar-refractivity contribution in [1.29, 1.82) is 0 Å². The number of ether oxygens (including phenoxy) is 1. The molecule has 4 nitrogen and oxygen atoms in total. The quantitative estimate of drug-likeness (QED) is 0.942. The molecular formula is C18H24N2O2.